The maximum Gasteiger partial charge on any atom is 0.179 e. The first-order chi connectivity index (χ1) is 12.5. The van der Waals surface area contributed by atoms with Gasteiger partial charge < -0.3 is 14.5 Å². The minimum Gasteiger partial charge on any atom is -0.497 e. The number of aromatic nitrogens is 1. The van der Waals surface area contributed by atoms with E-state index in [4.69, 9.17) is 9.47 Å². The number of rotatable bonds is 7. The van der Waals surface area contributed by atoms with Gasteiger partial charge in [0.2, 0.25) is 0 Å². The quantitative estimate of drug-likeness (QED) is 0.657. The highest BCUT2D eigenvalue weighted by Gasteiger charge is 2.18. The summed E-state index contributed by atoms with van der Waals surface area (Å²) < 4.78 is 10.7. The minimum absolute atomic E-state index is 0.106. The Bertz CT molecular complexity index is 930. The first kappa shape index (κ1) is 18.0. The van der Waals surface area contributed by atoms with Crippen molar-refractivity contribution in [3.05, 3.63) is 59.3 Å². The molecule has 0 radical (unpaired) electrons. The Morgan fingerprint density at radius 1 is 1.12 bits per heavy atom. The predicted octanol–water partition coefficient (Wildman–Crippen LogP) is 3.81. The molecule has 5 heteroatoms. The number of hydrogen-bond acceptors (Lipinski definition) is 4. The van der Waals surface area contributed by atoms with E-state index in [1.54, 1.807) is 14.2 Å². The number of carbonyl (C=O) groups is 1. The summed E-state index contributed by atoms with van der Waals surface area (Å²) in [4.78, 5) is 18.2. The highest BCUT2D eigenvalue weighted by atomic mass is 16.5. The molecular weight excluding hydrogens is 328 g/mol. The lowest BCUT2D eigenvalue weighted by molar-refractivity contribution is 0.0943. The summed E-state index contributed by atoms with van der Waals surface area (Å²) in [5.74, 6) is 1.61. The van der Waals surface area contributed by atoms with Gasteiger partial charge in [0, 0.05) is 40.3 Å². The van der Waals surface area contributed by atoms with Gasteiger partial charge in [0.1, 0.15) is 11.5 Å². The van der Waals surface area contributed by atoms with Crippen LogP contribution in [0.15, 0.2) is 42.5 Å². The first-order valence-electron chi connectivity index (χ1n) is 8.53. The zero-order chi connectivity index (χ0) is 18.7. The molecule has 3 rings (SSSR count). The third-order valence-electron chi connectivity index (χ3n) is 4.52. The van der Waals surface area contributed by atoms with E-state index in [-0.39, 0.29) is 5.78 Å². The van der Waals surface area contributed by atoms with Crippen LogP contribution in [0.3, 0.4) is 0 Å². The van der Waals surface area contributed by atoms with E-state index < -0.39 is 0 Å². The van der Waals surface area contributed by atoms with Crippen LogP contribution in [0.4, 0.5) is 0 Å². The summed E-state index contributed by atoms with van der Waals surface area (Å²) in [6, 6.07) is 13.6. The Kier molecular flexibility index (Phi) is 5.28. The fourth-order valence-corrected chi connectivity index (χ4v) is 3.29. The topological polar surface area (TPSA) is 54.6 Å². The highest BCUT2D eigenvalue weighted by molar-refractivity contribution is 6.10. The van der Waals surface area contributed by atoms with E-state index in [2.05, 4.69) is 4.98 Å². The number of fused-ring (bicyclic) bond motifs is 1. The number of carbonyl (C=O) groups excluding carboxylic acids is 1. The molecule has 1 N–H and O–H groups in total. The van der Waals surface area contributed by atoms with E-state index in [1.165, 1.54) is 0 Å². The van der Waals surface area contributed by atoms with Crippen molar-refractivity contribution in [1.82, 2.24) is 9.88 Å². The zero-order valence-electron chi connectivity index (χ0n) is 15.6. The van der Waals surface area contributed by atoms with Crippen LogP contribution < -0.4 is 9.47 Å². The van der Waals surface area contributed by atoms with E-state index in [1.807, 2.05) is 61.3 Å². The maximum atomic E-state index is 12.9. The first-order valence-corrected chi connectivity index (χ1v) is 8.53. The summed E-state index contributed by atoms with van der Waals surface area (Å²) in [5.41, 5.74) is 3.69. The number of para-hydroxylation sites is 1. The van der Waals surface area contributed by atoms with E-state index in [0.717, 1.165) is 39.2 Å². The van der Waals surface area contributed by atoms with Crippen molar-refractivity contribution in [3.8, 4) is 11.5 Å². The second-order valence-electron chi connectivity index (χ2n) is 6.44. The number of ketones is 1. The number of hydrogen-bond donors (Lipinski definition) is 1. The summed E-state index contributed by atoms with van der Waals surface area (Å²) in [6.07, 6.45) is 0. The third kappa shape index (κ3) is 3.58. The molecule has 0 bridgehead atoms. The Labute approximate surface area is 153 Å². The van der Waals surface area contributed by atoms with Crippen LogP contribution in [0.5, 0.6) is 11.5 Å². The van der Waals surface area contributed by atoms with E-state index >= 15 is 0 Å². The van der Waals surface area contributed by atoms with Gasteiger partial charge in [-0.05, 0) is 26.1 Å². The Hall–Kier alpha value is -2.79. The molecule has 0 atom stereocenters. The van der Waals surface area contributed by atoms with Gasteiger partial charge in [0.05, 0.1) is 20.8 Å². The molecule has 3 aromatic rings. The average Bonchev–Trinajstić information content (AvgIpc) is 2.97. The summed E-state index contributed by atoms with van der Waals surface area (Å²) in [7, 11) is 5.20. The van der Waals surface area contributed by atoms with Crippen LogP contribution in [0, 0.1) is 6.92 Å². The van der Waals surface area contributed by atoms with Gasteiger partial charge in [-0.2, -0.15) is 0 Å². The van der Waals surface area contributed by atoms with Crippen LogP contribution in [-0.4, -0.2) is 43.5 Å². The molecule has 0 spiro atoms. The molecule has 0 fully saturated rings. The normalized spacial score (nSPS) is 11.1. The Morgan fingerprint density at radius 3 is 2.62 bits per heavy atom. The van der Waals surface area contributed by atoms with Crippen LogP contribution >= 0.6 is 0 Å². The molecule has 0 saturated carbocycles. The third-order valence-corrected chi connectivity index (χ3v) is 4.52. The van der Waals surface area contributed by atoms with E-state index in [0.29, 0.717) is 13.1 Å². The monoisotopic (exact) mass is 352 g/mol. The SMILES string of the molecule is COc1ccc(CN(C)CC(=O)c2c(C)[nH]c3ccccc23)c(OC)c1. The summed E-state index contributed by atoms with van der Waals surface area (Å²) >= 11 is 0. The van der Waals surface area contributed by atoms with E-state index in [9.17, 15) is 4.79 Å². The van der Waals surface area contributed by atoms with Crippen molar-refractivity contribution < 1.29 is 14.3 Å². The average molecular weight is 352 g/mol. The molecular formula is C21H24N2O3. The second-order valence-corrected chi connectivity index (χ2v) is 6.44. The van der Waals surface area contributed by atoms with Gasteiger partial charge >= 0.3 is 0 Å². The fourth-order valence-electron chi connectivity index (χ4n) is 3.29. The largest absolute Gasteiger partial charge is 0.497 e. The molecule has 0 unspecified atom stereocenters. The van der Waals surface area contributed by atoms with Crippen molar-refractivity contribution in [2.24, 2.45) is 0 Å². The maximum absolute atomic E-state index is 12.9. The Balaban J connectivity index is 1.76. The number of H-pyrrole nitrogens is 1. The molecule has 0 aliphatic rings. The van der Waals surface area contributed by atoms with Crippen LogP contribution in [-0.2, 0) is 6.54 Å². The summed E-state index contributed by atoms with van der Waals surface area (Å²) in [5, 5.41) is 0.977. The number of nitrogens with zero attached hydrogens (tertiary/aromatic N) is 1. The molecule has 0 aliphatic carbocycles. The molecule has 1 heterocycles. The number of nitrogens with one attached hydrogen (secondary N) is 1. The van der Waals surface area contributed by atoms with Crippen molar-refractivity contribution >= 4 is 16.7 Å². The smallest absolute Gasteiger partial charge is 0.179 e. The molecule has 0 aliphatic heterocycles. The molecule has 5 nitrogen and oxygen atoms in total. The van der Waals surface area contributed by atoms with Crippen molar-refractivity contribution in [1.29, 1.82) is 0 Å². The van der Waals surface area contributed by atoms with Crippen molar-refractivity contribution in [3.63, 3.8) is 0 Å². The number of methoxy groups -OCH3 is 2. The molecule has 26 heavy (non-hydrogen) atoms. The molecule has 0 saturated heterocycles. The van der Waals surface area contributed by atoms with Crippen molar-refractivity contribution in [2.75, 3.05) is 27.8 Å². The zero-order valence-corrected chi connectivity index (χ0v) is 15.6. The number of aryl methyl sites for hydroxylation is 1. The number of ether oxygens (including phenoxy) is 2. The van der Waals surface area contributed by atoms with Gasteiger partial charge in [-0.15, -0.1) is 0 Å². The molecule has 2 aromatic carbocycles. The predicted molar refractivity (Wildman–Crippen MR) is 103 cm³/mol. The van der Waals surface area contributed by atoms with Crippen LogP contribution in [0.2, 0.25) is 0 Å². The highest BCUT2D eigenvalue weighted by Crippen LogP contribution is 2.26. The number of aromatic amines is 1. The van der Waals surface area contributed by atoms with Crippen molar-refractivity contribution in [2.45, 2.75) is 13.5 Å². The lowest BCUT2D eigenvalue weighted by Gasteiger charge is -2.18. The number of Topliss-reactive ketones (excluding diaryl/α,β-unsaturated/α-hetero) is 1. The summed E-state index contributed by atoms with van der Waals surface area (Å²) in [6.45, 7) is 2.89. The van der Waals surface area contributed by atoms with Crippen LogP contribution in [0.1, 0.15) is 21.6 Å². The number of benzene rings is 2. The van der Waals surface area contributed by atoms with Crippen LogP contribution in [0.25, 0.3) is 10.9 Å². The molecule has 136 valence electrons. The van der Waals surface area contributed by atoms with Gasteiger partial charge in [0.25, 0.3) is 0 Å². The van der Waals surface area contributed by atoms with Gasteiger partial charge in [-0.25, -0.2) is 0 Å². The number of likely N-dealkylation sites (N-methyl/N-ethyl adjacent to an activating group) is 1. The molecule has 1 aromatic heterocycles. The lowest BCUT2D eigenvalue weighted by atomic mass is 10.1. The van der Waals surface area contributed by atoms with Gasteiger partial charge in [0.15, 0.2) is 5.78 Å². The lowest BCUT2D eigenvalue weighted by Crippen LogP contribution is -2.26. The van der Waals surface area contributed by atoms with Gasteiger partial charge in [-0.3, -0.25) is 9.69 Å². The standard InChI is InChI=1S/C21H24N2O3/c1-14-21(17-7-5-6-8-18(17)22-14)19(24)13-23(2)12-15-9-10-16(25-3)11-20(15)26-4/h5-11,22H,12-13H2,1-4H3. The minimum atomic E-state index is 0.106. The fraction of sp³-hybridized carbons (Fsp3) is 0.286. The van der Waals surface area contributed by atoms with Gasteiger partial charge in [-0.1, -0.05) is 24.3 Å². The second kappa shape index (κ2) is 7.62. The Morgan fingerprint density at radius 2 is 1.88 bits per heavy atom. The molecule has 0 amide bonds.